The molecule has 0 bridgehead atoms. The quantitative estimate of drug-likeness (QED) is 0.123. The van der Waals surface area contributed by atoms with Crippen LogP contribution in [0, 0.1) is 0 Å². The van der Waals surface area contributed by atoms with E-state index in [0.29, 0.717) is 38.8 Å². The third kappa shape index (κ3) is 14.5. The molecule has 0 unspecified atom stereocenters. The Morgan fingerprint density at radius 2 is 1.74 bits per heavy atom. The number of unbranched alkanes of at least 4 members (excludes halogenated alkanes) is 1. The van der Waals surface area contributed by atoms with Crippen molar-refractivity contribution in [1.82, 2.24) is 21.3 Å². The fraction of sp³-hybridized carbons (Fsp3) is 0.556. The first-order valence-corrected chi connectivity index (χ1v) is 18.0. The van der Waals surface area contributed by atoms with Gasteiger partial charge in [0.2, 0.25) is 5.91 Å². The highest BCUT2D eigenvalue weighted by Gasteiger charge is 2.27. The number of carbonyl (C=O) groups excluding carboxylic acids is 4. The Hall–Kier alpha value is -3.41. The van der Waals surface area contributed by atoms with Crippen LogP contribution in [0.25, 0.3) is 0 Å². The molecule has 2 aromatic carbocycles. The number of Topliss-reactive ketones (excluding diaryl/α,β-unsaturated/α-hetero) is 1. The fourth-order valence-electron chi connectivity index (χ4n) is 5.36. The maximum Gasteiger partial charge on any atom is 0.407 e. The summed E-state index contributed by atoms with van der Waals surface area (Å²) in [7, 11) is 0. The molecule has 11 heteroatoms. The number of ether oxygens (including phenoxy) is 2. The van der Waals surface area contributed by atoms with Crippen LogP contribution in [0.2, 0.25) is 0 Å². The molecule has 1 aliphatic heterocycles. The van der Waals surface area contributed by atoms with Crippen LogP contribution in [-0.4, -0.2) is 66.5 Å². The number of thioether (sulfide) groups is 1. The Morgan fingerprint density at radius 3 is 2.49 bits per heavy atom. The lowest BCUT2D eigenvalue weighted by atomic mass is 9.95. The Morgan fingerprint density at radius 1 is 0.957 bits per heavy atom. The Kier molecular flexibility index (Phi) is 16.2. The minimum Gasteiger partial charge on any atom is -0.458 e. The van der Waals surface area contributed by atoms with Crippen LogP contribution in [0.1, 0.15) is 81.5 Å². The molecule has 0 aromatic heterocycles. The Labute approximate surface area is 283 Å². The summed E-state index contributed by atoms with van der Waals surface area (Å²) < 4.78 is 10.8. The van der Waals surface area contributed by atoms with Crippen molar-refractivity contribution in [2.24, 2.45) is 0 Å². The topological polar surface area (TPSA) is 135 Å². The van der Waals surface area contributed by atoms with Gasteiger partial charge in [-0.3, -0.25) is 9.59 Å². The molecule has 0 saturated heterocycles. The number of nitrogens with one attached hydrogen (secondary N) is 4. The van der Waals surface area contributed by atoms with Crippen LogP contribution >= 0.6 is 11.8 Å². The van der Waals surface area contributed by atoms with E-state index >= 15 is 0 Å². The molecule has 0 saturated carbocycles. The van der Waals surface area contributed by atoms with Gasteiger partial charge in [0.05, 0.1) is 6.04 Å². The van der Waals surface area contributed by atoms with E-state index in [9.17, 15) is 19.2 Å². The maximum atomic E-state index is 13.3. The van der Waals surface area contributed by atoms with Crippen molar-refractivity contribution in [3.8, 4) is 0 Å². The van der Waals surface area contributed by atoms with E-state index < -0.39 is 23.7 Å². The van der Waals surface area contributed by atoms with Crippen molar-refractivity contribution in [3.63, 3.8) is 0 Å². The van der Waals surface area contributed by atoms with Crippen molar-refractivity contribution >= 4 is 35.5 Å². The van der Waals surface area contributed by atoms with Gasteiger partial charge >= 0.3 is 12.1 Å². The SMILES string of the molecule is CSCC[C@H](NCc1cccc2c1CCNC2)C(=O)CCC(=O)N[C@@H](CCCCNC(=O)OCc1ccccc1)C(=O)OC(C)(C)C. The van der Waals surface area contributed by atoms with E-state index in [1.165, 1.54) is 16.7 Å². The summed E-state index contributed by atoms with van der Waals surface area (Å²) in [5.74, 6) is -0.0784. The van der Waals surface area contributed by atoms with Gasteiger partial charge in [-0.15, -0.1) is 0 Å². The van der Waals surface area contributed by atoms with Crippen LogP contribution in [0.4, 0.5) is 4.79 Å². The molecule has 1 heterocycles. The average Bonchev–Trinajstić information content (AvgIpc) is 3.05. The predicted octanol–water partition coefficient (Wildman–Crippen LogP) is 4.82. The first kappa shape index (κ1) is 38.0. The van der Waals surface area contributed by atoms with Gasteiger partial charge in [-0.25, -0.2) is 9.59 Å². The van der Waals surface area contributed by atoms with Crippen LogP contribution in [0.15, 0.2) is 48.5 Å². The van der Waals surface area contributed by atoms with E-state index in [-0.39, 0.29) is 37.2 Å². The zero-order valence-electron chi connectivity index (χ0n) is 28.3. The smallest absolute Gasteiger partial charge is 0.407 e. The molecule has 2 atom stereocenters. The van der Waals surface area contributed by atoms with Crippen molar-refractivity contribution in [2.45, 2.75) is 103 Å². The van der Waals surface area contributed by atoms with Gasteiger partial charge in [0.25, 0.3) is 0 Å². The highest BCUT2D eigenvalue weighted by atomic mass is 32.2. The van der Waals surface area contributed by atoms with Crippen molar-refractivity contribution in [2.75, 3.05) is 25.1 Å². The molecular formula is C36H52N4O6S. The number of hydrogen-bond donors (Lipinski definition) is 4. The average molecular weight is 669 g/mol. The lowest BCUT2D eigenvalue weighted by Gasteiger charge is -2.25. The van der Waals surface area contributed by atoms with E-state index in [2.05, 4.69) is 39.5 Å². The summed E-state index contributed by atoms with van der Waals surface area (Å²) in [4.78, 5) is 51.3. The first-order chi connectivity index (χ1) is 22.6. The third-order valence-electron chi connectivity index (χ3n) is 7.80. The molecule has 3 rings (SSSR count). The van der Waals surface area contributed by atoms with Crippen LogP contribution in [0.5, 0.6) is 0 Å². The van der Waals surface area contributed by atoms with Crippen molar-refractivity contribution in [3.05, 3.63) is 70.8 Å². The summed E-state index contributed by atoms with van der Waals surface area (Å²) in [5, 5.41) is 12.4. The molecule has 2 aromatic rings. The third-order valence-corrected chi connectivity index (χ3v) is 8.45. The second-order valence-electron chi connectivity index (χ2n) is 12.8. The van der Waals surface area contributed by atoms with Gasteiger partial charge in [-0.1, -0.05) is 48.5 Å². The van der Waals surface area contributed by atoms with Gasteiger partial charge in [0, 0.05) is 32.5 Å². The van der Waals surface area contributed by atoms with Crippen LogP contribution in [-0.2, 0) is 50.0 Å². The minimum absolute atomic E-state index is 0.0142. The molecular weight excluding hydrogens is 616 g/mol. The molecule has 0 fully saturated rings. The molecule has 0 radical (unpaired) electrons. The number of amides is 2. The zero-order valence-corrected chi connectivity index (χ0v) is 29.1. The minimum atomic E-state index is -0.856. The molecule has 258 valence electrons. The second-order valence-corrected chi connectivity index (χ2v) is 13.8. The van der Waals surface area contributed by atoms with Gasteiger partial charge in [-0.2, -0.15) is 11.8 Å². The molecule has 2 amide bonds. The van der Waals surface area contributed by atoms with Gasteiger partial charge in [-0.05, 0) is 93.7 Å². The predicted molar refractivity (Wildman–Crippen MR) is 186 cm³/mol. The summed E-state index contributed by atoms with van der Waals surface area (Å²) >= 11 is 1.68. The van der Waals surface area contributed by atoms with E-state index in [1.54, 1.807) is 32.5 Å². The van der Waals surface area contributed by atoms with E-state index in [4.69, 9.17) is 9.47 Å². The summed E-state index contributed by atoms with van der Waals surface area (Å²) in [6, 6.07) is 14.5. The lowest BCUT2D eigenvalue weighted by Crippen LogP contribution is -2.44. The van der Waals surface area contributed by atoms with Crippen molar-refractivity contribution < 1.29 is 28.7 Å². The molecule has 47 heavy (non-hydrogen) atoms. The molecule has 0 aliphatic carbocycles. The summed E-state index contributed by atoms with van der Waals surface area (Å²) in [6.45, 7) is 8.27. The van der Waals surface area contributed by atoms with Crippen LogP contribution < -0.4 is 21.3 Å². The highest BCUT2D eigenvalue weighted by Crippen LogP contribution is 2.19. The monoisotopic (exact) mass is 668 g/mol. The Bertz CT molecular complexity index is 1300. The molecule has 0 spiro atoms. The largest absolute Gasteiger partial charge is 0.458 e. The van der Waals surface area contributed by atoms with Crippen LogP contribution in [0.3, 0.4) is 0 Å². The van der Waals surface area contributed by atoms with Gasteiger partial charge in [0.1, 0.15) is 24.0 Å². The summed E-state index contributed by atoms with van der Waals surface area (Å²) in [6.07, 6.45) is 4.67. The molecule has 4 N–H and O–H groups in total. The van der Waals surface area contributed by atoms with Gasteiger partial charge in [0.15, 0.2) is 0 Å². The normalized spacial score (nSPS) is 14.0. The molecule has 10 nitrogen and oxygen atoms in total. The maximum absolute atomic E-state index is 13.3. The zero-order chi connectivity index (χ0) is 34.1. The molecule has 1 aliphatic rings. The number of ketones is 1. The first-order valence-electron chi connectivity index (χ1n) is 16.6. The number of esters is 1. The number of benzene rings is 2. The van der Waals surface area contributed by atoms with E-state index in [1.807, 2.05) is 36.6 Å². The number of rotatable bonds is 19. The standard InChI is InChI=1S/C36H52N4O6S/c1-36(2,3)46-34(43)31(15-8-9-20-38-35(44)45-25-26-11-6-5-7-12-26)40-33(42)17-16-32(41)30(19-22-47-4)39-24-28-14-10-13-27-23-37-21-18-29(27)28/h5-7,10-14,30-31,37,39H,8-9,15-25H2,1-4H3,(H,38,44)(H,40,42)/t30-,31-/m0/s1. The van der Waals surface area contributed by atoms with Crippen molar-refractivity contribution in [1.29, 1.82) is 0 Å². The highest BCUT2D eigenvalue weighted by molar-refractivity contribution is 7.98. The summed E-state index contributed by atoms with van der Waals surface area (Å²) in [5.41, 5.74) is 4.04. The van der Waals surface area contributed by atoms with E-state index in [0.717, 1.165) is 30.8 Å². The lowest BCUT2D eigenvalue weighted by molar-refractivity contribution is -0.158. The number of fused-ring (bicyclic) bond motifs is 1. The second kappa shape index (κ2) is 20.1. The van der Waals surface area contributed by atoms with Gasteiger partial charge < -0.3 is 30.7 Å². The Balaban J connectivity index is 1.47. The fourth-order valence-corrected chi connectivity index (χ4v) is 5.83. The number of hydrogen-bond acceptors (Lipinski definition) is 9. The number of alkyl carbamates (subject to hydrolysis) is 1. The number of carbonyl (C=O) groups is 4.